The topological polar surface area (TPSA) is 44.4 Å². The van der Waals surface area contributed by atoms with Gasteiger partial charge in [-0.2, -0.15) is 0 Å². The van der Waals surface area contributed by atoms with E-state index < -0.39 is 0 Å². The molecule has 0 radical (unpaired) electrons. The first-order chi connectivity index (χ1) is 9.97. The van der Waals surface area contributed by atoms with Crippen LogP contribution in [0, 0.1) is 19.7 Å². The van der Waals surface area contributed by atoms with Gasteiger partial charge in [-0.25, -0.2) is 4.39 Å². The molecule has 5 heteroatoms. The monoisotopic (exact) mass is 291 g/mol. The normalized spacial score (nSPS) is 19.8. The van der Waals surface area contributed by atoms with Crippen LogP contribution in [-0.2, 0) is 4.79 Å². The van der Waals surface area contributed by atoms with Gasteiger partial charge in [-0.05, 0) is 56.3 Å². The SMILES string of the molecule is CNC1CN(C)CC(NC=O)=C1c1cc(F)c(C)cc1C. The lowest BCUT2D eigenvalue weighted by Crippen LogP contribution is -2.46. The zero-order valence-electron chi connectivity index (χ0n) is 13.0. The van der Waals surface area contributed by atoms with E-state index in [9.17, 15) is 9.18 Å². The van der Waals surface area contributed by atoms with Crippen LogP contribution in [0.1, 0.15) is 16.7 Å². The summed E-state index contributed by atoms with van der Waals surface area (Å²) in [6.45, 7) is 5.18. The van der Waals surface area contributed by atoms with E-state index >= 15 is 0 Å². The molecule has 1 atom stereocenters. The molecule has 2 N–H and O–H groups in total. The number of carbonyl (C=O) groups excluding carboxylic acids is 1. The minimum absolute atomic E-state index is 0.0482. The van der Waals surface area contributed by atoms with Crippen LogP contribution < -0.4 is 10.6 Å². The van der Waals surface area contributed by atoms with E-state index in [-0.39, 0.29) is 11.9 Å². The van der Waals surface area contributed by atoms with E-state index in [4.69, 9.17) is 0 Å². The number of benzene rings is 1. The van der Waals surface area contributed by atoms with Crippen LogP contribution in [0.2, 0.25) is 0 Å². The lowest BCUT2D eigenvalue weighted by Gasteiger charge is -2.34. The number of hydrogen-bond donors (Lipinski definition) is 2. The first kappa shape index (κ1) is 15.7. The summed E-state index contributed by atoms with van der Waals surface area (Å²) < 4.78 is 14.0. The van der Waals surface area contributed by atoms with Gasteiger partial charge < -0.3 is 10.6 Å². The molecule has 2 rings (SSSR count). The van der Waals surface area contributed by atoms with Crippen LogP contribution in [0.3, 0.4) is 0 Å². The van der Waals surface area contributed by atoms with Crippen LogP contribution in [-0.4, -0.2) is 44.5 Å². The fraction of sp³-hybridized carbons (Fsp3) is 0.438. The van der Waals surface area contributed by atoms with E-state index in [1.165, 1.54) is 0 Å². The van der Waals surface area contributed by atoms with Gasteiger partial charge in [0, 0.05) is 24.8 Å². The maximum absolute atomic E-state index is 14.0. The Bertz CT molecular complexity index is 583. The molecule has 1 aromatic rings. The summed E-state index contributed by atoms with van der Waals surface area (Å²) >= 11 is 0. The first-order valence-corrected chi connectivity index (χ1v) is 7.04. The minimum atomic E-state index is -0.220. The van der Waals surface area contributed by atoms with Gasteiger partial charge in [0.05, 0.1) is 0 Å². The lowest BCUT2D eigenvalue weighted by atomic mass is 9.89. The van der Waals surface area contributed by atoms with Crippen LogP contribution in [0.4, 0.5) is 4.39 Å². The maximum atomic E-state index is 14.0. The highest BCUT2D eigenvalue weighted by Gasteiger charge is 2.27. The predicted molar refractivity (Wildman–Crippen MR) is 82.3 cm³/mol. The standard InChI is InChI=1S/C16H22FN3O/c1-10-5-11(2)13(17)6-12(10)16-14(18-3)7-20(4)8-15(16)19-9-21/h5-6,9,14,18H,7-8H2,1-4H3,(H,19,21). The van der Waals surface area contributed by atoms with Crippen molar-refractivity contribution >= 4 is 12.0 Å². The third-order valence-corrected chi connectivity index (χ3v) is 3.97. The Morgan fingerprint density at radius 3 is 2.67 bits per heavy atom. The average molecular weight is 291 g/mol. The number of hydrogen-bond acceptors (Lipinski definition) is 3. The van der Waals surface area contributed by atoms with Crippen molar-refractivity contribution < 1.29 is 9.18 Å². The molecular weight excluding hydrogens is 269 g/mol. The molecule has 1 heterocycles. The molecule has 4 nitrogen and oxygen atoms in total. The molecule has 1 aliphatic heterocycles. The molecule has 1 unspecified atom stereocenters. The second-order valence-corrected chi connectivity index (χ2v) is 5.61. The van der Waals surface area contributed by atoms with Crippen molar-refractivity contribution in [3.8, 4) is 0 Å². The van der Waals surface area contributed by atoms with Gasteiger partial charge in [0.1, 0.15) is 5.82 Å². The number of aryl methyl sites for hydroxylation is 2. The Morgan fingerprint density at radius 2 is 2.05 bits per heavy atom. The Morgan fingerprint density at radius 1 is 1.33 bits per heavy atom. The summed E-state index contributed by atoms with van der Waals surface area (Å²) in [5.74, 6) is -0.220. The van der Waals surface area contributed by atoms with Crippen LogP contribution >= 0.6 is 0 Å². The lowest BCUT2D eigenvalue weighted by molar-refractivity contribution is -0.109. The second kappa shape index (κ2) is 6.37. The quantitative estimate of drug-likeness (QED) is 0.825. The van der Waals surface area contributed by atoms with E-state index in [0.717, 1.165) is 28.9 Å². The number of halogens is 1. The van der Waals surface area contributed by atoms with Crippen molar-refractivity contribution in [2.45, 2.75) is 19.9 Å². The number of rotatable bonds is 4. The van der Waals surface area contributed by atoms with Gasteiger partial charge in [-0.15, -0.1) is 0 Å². The van der Waals surface area contributed by atoms with E-state index in [2.05, 4.69) is 15.5 Å². The van der Waals surface area contributed by atoms with Gasteiger partial charge in [0.2, 0.25) is 6.41 Å². The van der Waals surface area contributed by atoms with Gasteiger partial charge in [0.15, 0.2) is 0 Å². The molecule has 0 saturated heterocycles. The summed E-state index contributed by atoms with van der Waals surface area (Å²) in [5, 5.41) is 6.04. The number of carbonyl (C=O) groups is 1. The van der Waals surface area contributed by atoms with E-state index in [1.54, 1.807) is 13.0 Å². The molecule has 0 fully saturated rings. The molecule has 0 aliphatic carbocycles. The Kier molecular flexibility index (Phi) is 4.75. The van der Waals surface area contributed by atoms with Gasteiger partial charge >= 0.3 is 0 Å². The second-order valence-electron chi connectivity index (χ2n) is 5.61. The zero-order chi connectivity index (χ0) is 15.6. The van der Waals surface area contributed by atoms with Crippen LogP contribution in [0.5, 0.6) is 0 Å². The Hall–Kier alpha value is -1.72. The highest BCUT2D eigenvalue weighted by Crippen LogP contribution is 2.30. The molecule has 1 aliphatic rings. The van der Waals surface area contributed by atoms with Gasteiger partial charge in [-0.3, -0.25) is 9.69 Å². The van der Waals surface area contributed by atoms with Gasteiger partial charge in [0.25, 0.3) is 0 Å². The summed E-state index contributed by atoms with van der Waals surface area (Å²) in [5.41, 5.74) is 4.30. The average Bonchev–Trinajstić information content (AvgIpc) is 2.43. The molecule has 0 spiro atoms. The van der Waals surface area contributed by atoms with Crippen molar-refractivity contribution in [3.05, 3.63) is 40.3 Å². The summed E-state index contributed by atoms with van der Waals surface area (Å²) in [7, 11) is 3.87. The summed E-state index contributed by atoms with van der Waals surface area (Å²) in [6, 6.07) is 3.47. The van der Waals surface area contributed by atoms with Crippen molar-refractivity contribution in [2.75, 3.05) is 27.2 Å². The molecule has 0 saturated carbocycles. The third kappa shape index (κ3) is 3.14. The Balaban J connectivity index is 2.61. The highest BCUT2D eigenvalue weighted by molar-refractivity contribution is 5.77. The van der Waals surface area contributed by atoms with E-state index in [0.29, 0.717) is 18.5 Å². The van der Waals surface area contributed by atoms with Crippen molar-refractivity contribution in [3.63, 3.8) is 0 Å². The fourth-order valence-corrected chi connectivity index (χ4v) is 2.93. The van der Waals surface area contributed by atoms with Crippen molar-refractivity contribution in [1.82, 2.24) is 15.5 Å². The summed E-state index contributed by atoms with van der Waals surface area (Å²) in [6.07, 6.45) is 0.682. The van der Waals surface area contributed by atoms with Crippen LogP contribution in [0.15, 0.2) is 17.8 Å². The van der Waals surface area contributed by atoms with E-state index in [1.807, 2.05) is 27.1 Å². The largest absolute Gasteiger partial charge is 0.331 e. The van der Waals surface area contributed by atoms with Crippen LogP contribution in [0.25, 0.3) is 5.57 Å². The zero-order valence-corrected chi connectivity index (χ0v) is 13.0. The summed E-state index contributed by atoms with van der Waals surface area (Å²) in [4.78, 5) is 13.0. The smallest absolute Gasteiger partial charge is 0.211 e. The molecule has 0 aromatic heterocycles. The highest BCUT2D eigenvalue weighted by atomic mass is 19.1. The molecule has 1 amide bonds. The first-order valence-electron chi connectivity index (χ1n) is 7.04. The fourth-order valence-electron chi connectivity index (χ4n) is 2.93. The molecule has 21 heavy (non-hydrogen) atoms. The maximum Gasteiger partial charge on any atom is 0.211 e. The number of likely N-dealkylation sites (N-methyl/N-ethyl adjacent to an activating group) is 2. The molecule has 1 aromatic carbocycles. The molecule has 0 bridgehead atoms. The third-order valence-electron chi connectivity index (χ3n) is 3.97. The minimum Gasteiger partial charge on any atom is -0.331 e. The van der Waals surface area contributed by atoms with Gasteiger partial charge in [-0.1, -0.05) is 6.07 Å². The number of amides is 1. The van der Waals surface area contributed by atoms with Crippen molar-refractivity contribution in [1.29, 1.82) is 0 Å². The number of nitrogens with one attached hydrogen (secondary N) is 2. The number of nitrogens with zero attached hydrogens (tertiary/aromatic N) is 1. The predicted octanol–water partition coefficient (Wildman–Crippen LogP) is 1.43. The molecule has 114 valence electrons. The van der Waals surface area contributed by atoms with Crippen molar-refractivity contribution in [2.24, 2.45) is 0 Å². The Labute approximate surface area is 125 Å². The molecular formula is C16H22FN3O.